The molecule has 1 saturated heterocycles. The third-order valence-corrected chi connectivity index (χ3v) is 2.96. The number of rotatable bonds is 3. The predicted molar refractivity (Wildman–Crippen MR) is 60.6 cm³/mol. The van der Waals surface area contributed by atoms with E-state index in [4.69, 9.17) is 0 Å². The van der Waals surface area contributed by atoms with E-state index >= 15 is 0 Å². The molecule has 1 aromatic rings. The third-order valence-electron chi connectivity index (χ3n) is 2.96. The number of piperazine rings is 1. The molecule has 0 aliphatic carbocycles. The van der Waals surface area contributed by atoms with Crippen LogP contribution in [0.15, 0.2) is 18.2 Å². The van der Waals surface area contributed by atoms with Crippen molar-refractivity contribution in [1.29, 1.82) is 0 Å². The predicted octanol–water partition coefficient (Wildman–Crippen LogP) is 0.903. The van der Waals surface area contributed by atoms with Crippen molar-refractivity contribution in [3.8, 4) is 0 Å². The minimum atomic E-state index is -0.909. The largest absolute Gasteiger partial charge is 0.387 e. The molecule has 1 fully saturated rings. The molecular weight excluding hydrogens is 226 g/mol. The Morgan fingerprint density at radius 2 is 2.00 bits per heavy atom. The zero-order chi connectivity index (χ0) is 12.3. The number of halogens is 2. The normalized spacial score (nSPS) is 19.2. The van der Waals surface area contributed by atoms with Crippen LogP contribution in [0.1, 0.15) is 11.7 Å². The first-order valence-electron chi connectivity index (χ1n) is 5.73. The highest BCUT2D eigenvalue weighted by atomic mass is 19.1. The lowest BCUT2D eigenvalue weighted by Gasteiger charge is -2.29. The van der Waals surface area contributed by atoms with Crippen LogP contribution < -0.4 is 5.32 Å². The summed E-state index contributed by atoms with van der Waals surface area (Å²) in [7, 11) is 0. The highest BCUT2D eigenvalue weighted by molar-refractivity contribution is 5.21. The van der Waals surface area contributed by atoms with Gasteiger partial charge in [-0.2, -0.15) is 0 Å². The second-order valence-electron chi connectivity index (χ2n) is 4.23. The fourth-order valence-electron chi connectivity index (χ4n) is 2.01. The molecule has 17 heavy (non-hydrogen) atoms. The number of hydrogen-bond donors (Lipinski definition) is 2. The summed E-state index contributed by atoms with van der Waals surface area (Å²) >= 11 is 0. The van der Waals surface area contributed by atoms with Gasteiger partial charge in [0.25, 0.3) is 0 Å². The minimum Gasteiger partial charge on any atom is -0.387 e. The van der Waals surface area contributed by atoms with Crippen LogP contribution in [0.3, 0.4) is 0 Å². The van der Waals surface area contributed by atoms with E-state index in [-0.39, 0.29) is 5.56 Å². The maximum absolute atomic E-state index is 13.4. The lowest BCUT2D eigenvalue weighted by atomic mass is 10.1. The molecule has 1 unspecified atom stereocenters. The summed E-state index contributed by atoms with van der Waals surface area (Å²) in [6.45, 7) is 3.79. The fraction of sp³-hybridized carbons (Fsp3) is 0.500. The van der Waals surface area contributed by atoms with E-state index in [9.17, 15) is 13.9 Å². The SMILES string of the molecule is OC(CN1CCNCC1)c1ccc(F)cc1F. The molecule has 0 bridgehead atoms. The van der Waals surface area contributed by atoms with Gasteiger partial charge in [0.15, 0.2) is 0 Å². The summed E-state index contributed by atoms with van der Waals surface area (Å²) in [5.74, 6) is -1.31. The average molecular weight is 242 g/mol. The van der Waals surface area contributed by atoms with E-state index < -0.39 is 17.7 Å². The molecule has 2 rings (SSSR count). The molecule has 0 radical (unpaired) electrons. The van der Waals surface area contributed by atoms with Crippen LogP contribution in [0.4, 0.5) is 8.78 Å². The van der Waals surface area contributed by atoms with E-state index in [1.54, 1.807) is 0 Å². The maximum Gasteiger partial charge on any atom is 0.131 e. The molecule has 1 aliphatic rings. The Balaban J connectivity index is 2.00. The summed E-state index contributed by atoms with van der Waals surface area (Å²) in [6, 6.07) is 3.27. The van der Waals surface area contributed by atoms with Crippen molar-refractivity contribution < 1.29 is 13.9 Å². The summed E-state index contributed by atoms with van der Waals surface area (Å²) < 4.78 is 26.2. The maximum atomic E-state index is 13.4. The van der Waals surface area contributed by atoms with Crippen molar-refractivity contribution in [2.24, 2.45) is 0 Å². The van der Waals surface area contributed by atoms with Crippen LogP contribution >= 0.6 is 0 Å². The molecule has 0 amide bonds. The summed E-state index contributed by atoms with van der Waals surface area (Å²) in [5, 5.41) is 13.1. The molecule has 0 aromatic heterocycles. The van der Waals surface area contributed by atoms with Gasteiger partial charge in [0.2, 0.25) is 0 Å². The van der Waals surface area contributed by atoms with Crippen LogP contribution in [-0.2, 0) is 0 Å². The van der Waals surface area contributed by atoms with E-state index in [1.807, 2.05) is 0 Å². The Morgan fingerprint density at radius 3 is 2.65 bits per heavy atom. The molecule has 3 nitrogen and oxygen atoms in total. The molecule has 0 saturated carbocycles. The molecule has 1 aliphatic heterocycles. The van der Waals surface area contributed by atoms with Crippen molar-refractivity contribution in [3.05, 3.63) is 35.4 Å². The first kappa shape index (κ1) is 12.4. The minimum absolute atomic E-state index is 0.157. The van der Waals surface area contributed by atoms with E-state index in [0.717, 1.165) is 32.2 Å². The number of hydrogen-bond acceptors (Lipinski definition) is 3. The topological polar surface area (TPSA) is 35.5 Å². The highest BCUT2D eigenvalue weighted by Crippen LogP contribution is 2.19. The fourth-order valence-corrected chi connectivity index (χ4v) is 2.01. The Hall–Kier alpha value is -1.04. The van der Waals surface area contributed by atoms with Crippen molar-refractivity contribution >= 4 is 0 Å². The van der Waals surface area contributed by atoms with E-state index in [1.165, 1.54) is 12.1 Å². The standard InChI is InChI=1S/C12H16F2N2O/c13-9-1-2-10(11(14)7-9)12(17)8-16-5-3-15-4-6-16/h1-2,7,12,15,17H,3-6,8H2. The Bertz CT molecular complexity index is 381. The second-order valence-corrected chi connectivity index (χ2v) is 4.23. The molecule has 0 spiro atoms. The molecule has 1 heterocycles. The molecule has 2 N–H and O–H groups in total. The molecular formula is C12H16F2N2O. The lowest BCUT2D eigenvalue weighted by molar-refractivity contribution is 0.103. The van der Waals surface area contributed by atoms with Crippen LogP contribution in [0, 0.1) is 11.6 Å². The molecule has 1 aromatic carbocycles. The van der Waals surface area contributed by atoms with Gasteiger partial charge >= 0.3 is 0 Å². The molecule has 1 atom stereocenters. The first-order valence-corrected chi connectivity index (χ1v) is 5.73. The smallest absolute Gasteiger partial charge is 0.131 e. The summed E-state index contributed by atoms with van der Waals surface area (Å²) in [4.78, 5) is 2.06. The molecule has 94 valence electrons. The average Bonchev–Trinajstić information content (AvgIpc) is 2.30. The van der Waals surface area contributed by atoms with Gasteiger partial charge in [-0.15, -0.1) is 0 Å². The van der Waals surface area contributed by atoms with Crippen molar-refractivity contribution in [2.75, 3.05) is 32.7 Å². The third kappa shape index (κ3) is 3.21. The Labute approximate surface area is 99.1 Å². The number of nitrogens with zero attached hydrogens (tertiary/aromatic N) is 1. The lowest BCUT2D eigenvalue weighted by Crippen LogP contribution is -2.45. The number of β-amino-alcohol motifs (C(OH)–C–C–N with tert-alkyl or cyclic N) is 1. The van der Waals surface area contributed by atoms with Crippen molar-refractivity contribution in [1.82, 2.24) is 10.2 Å². The van der Waals surface area contributed by atoms with Gasteiger partial charge in [0, 0.05) is 44.4 Å². The number of benzene rings is 1. The van der Waals surface area contributed by atoms with Gasteiger partial charge in [-0.1, -0.05) is 6.07 Å². The number of aliphatic hydroxyl groups excluding tert-OH is 1. The number of nitrogens with one attached hydrogen (secondary N) is 1. The monoisotopic (exact) mass is 242 g/mol. The van der Waals surface area contributed by atoms with E-state index in [2.05, 4.69) is 10.2 Å². The van der Waals surface area contributed by atoms with Crippen LogP contribution in [0.5, 0.6) is 0 Å². The Morgan fingerprint density at radius 1 is 1.29 bits per heavy atom. The summed E-state index contributed by atoms with van der Waals surface area (Å²) in [6.07, 6.45) is -0.909. The van der Waals surface area contributed by atoms with Crippen LogP contribution in [0.2, 0.25) is 0 Å². The molecule has 5 heteroatoms. The van der Waals surface area contributed by atoms with Crippen molar-refractivity contribution in [2.45, 2.75) is 6.10 Å². The van der Waals surface area contributed by atoms with Gasteiger partial charge in [-0.25, -0.2) is 8.78 Å². The highest BCUT2D eigenvalue weighted by Gasteiger charge is 2.18. The second kappa shape index (κ2) is 5.53. The van der Waals surface area contributed by atoms with Gasteiger partial charge < -0.3 is 10.4 Å². The zero-order valence-corrected chi connectivity index (χ0v) is 9.50. The summed E-state index contributed by atoms with van der Waals surface area (Å²) in [5.41, 5.74) is 0.157. The van der Waals surface area contributed by atoms with Gasteiger partial charge in [0.1, 0.15) is 11.6 Å². The van der Waals surface area contributed by atoms with Gasteiger partial charge in [-0.3, -0.25) is 4.90 Å². The quantitative estimate of drug-likeness (QED) is 0.826. The Kier molecular flexibility index (Phi) is 4.04. The van der Waals surface area contributed by atoms with Gasteiger partial charge in [0.05, 0.1) is 6.10 Å². The van der Waals surface area contributed by atoms with Crippen LogP contribution in [0.25, 0.3) is 0 Å². The number of aliphatic hydroxyl groups is 1. The zero-order valence-electron chi connectivity index (χ0n) is 9.50. The van der Waals surface area contributed by atoms with Gasteiger partial charge in [-0.05, 0) is 6.07 Å². The van der Waals surface area contributed by atoms with Crippen molar-refractivity contribution in [3.63, 3.8) is 0 Å². The first-order chi connectivity index (χ1) is 8.16. The van der Waals surface area contributed by atoms with Crippen LogP contribution in [-0.4, -0.2) is 42.7 Å². The van der Waals surface area contributed by atoms with E-state index in [0.29, 0.717) is 6.54 Å².